The van der Waals surface area contributed by atoms with Crippen LogP contribution in [0.25, 0.3) is 0 Å². The van der Waals surface area contributed by atoms with Gasteiger partial charge < -0.3 is 17.3 Å². The summed E-state index contributed by atoms with van der Waals surface area (Å²) in [7, 11) is 0. The molecule has 1 aliphatic heterocycles. The number of quaternary nitrogens is 1. The molecule has 2 atom stereocenters. The average Bonchev–Trinajstić information content (AvgIpc) is 2.52. The molecule has 0 aliphatic carbocycles. The maximum Gasteiger partial charge on any atom is 0.0799 e. The molecule has 2 unspecified atom stereocenters. The minimum atomic E-state index is 0. The van der Waals surface area contributed by atoms with Crippen molar-refractivity contribution in [2.24, 2.45) is 5.92 Å². The molecular formula is C20H42ClN. The standard InChI is InChI=1S/C20H41N.ClH/c1-3-5-7-8-9-10-11-12-13-17-21-18-14-16-20(19-21)15-6-4-2;/h20H,3-19H2,1-2H3;1H. The van der Waals surface area contributed by atoms with Gasteiger partial charge in [0.2, 0.25) is 0 Å². The van der Waals surface area contributed by atoms with Crippen molar-refractivity contribution in [3.8, 4) is 0 Å². The second-order valence-corrected chi connectivity index (χ2v) is 7.43. The van der Waals surface area contributed by atoms with E-state index < -0.39 is 0 Å². The van der Waals surface area contributed by atoms with Crippen molar-refractivity contribution in [1.29, 1.82) is 0 Å². The third-order valence-corrected chi connectivity index (χ3v) is 5.32. The Labute approximate surface area is 147 Å². The molecule has 1 N–H and O–H groups in total. The second kappa shape index (κ2) is 16.1. The van der Waals surface area contributed by atoms with Gasteiger partial charge in [0.15, 0.2) is 0 Å². The van der Waals surface area contributed by atoms with Crippen LogP contribution in [-0.4, -0.2) is 19.6 Å². The van der Waals surface area contributed by atoms with Crippen LogP contribution in [0.3, 0.4) is 0 Å². The van der Waals surface area contributed by atoms with E-state index >= 15 is 0 Å². The predicted molar refractivity (Wildman–Crippen MR) is 95.0 cm³/mol. The Morgan fingerprint density at radius 2 is 1.36 bits per heavy atom. The van der Waals surface area contributed by atoms with Gasteiger partial charge in [0, 0.05) is 5.92 Å². The summed E-state index contributed by atoms with van der Waals surface area (Å²) in [5, 5.41) is 0. The molecule has 1 saturated heterocycles. The predicted octanol–water partition coefficient (Wildman–Crippen LogP) is 2.01. The Kier molecular flexibility index (Phi) is 16.3. The first-order valence-electron chi connectivity index (χ1n) is 10.2. The van der Waals surface area contributed by atoms with Gasteiger partial charge in [-0.25, -0.2) is 0 Å². The lowest BCUT2D eigenvalue weighted by molar-refractivity contribution is -0.909. The zero-order valence-corrected chi connectivity index (χ0v) is 16.2. The van der Waals surface area contributed by atoms with Crippen molar-refractivity contribution >= 4 is 0 Å². The lowest BCUT2D eigenvalue weighted by Crippen LogP contribution is -3.13. The van der Waals surface area contributed by atoms with Gasteiger partial charge in [-0.1, -0.05) is 71.6 Å². The van der Waals surface area contributed by atoms with E-state index in [1.165, 1.54) is 110 Å². The molecule has 0 aromatic heterocycles. The van der Waals surface area contributed by atoms with E-state index in [1.807, 2.05) is 4.90 Å². The highest BCUT2D eigenvalue weighted by Gasteiger charge is 2.21. The van der Waals surface area contributed by atoms with Crippen molar-refractivity contribution in [1.82, 2.24) is 0 Å². The number of unbranched alkanes of at least 4 members (excludes halogenated alkanes) is 9. The molecule has 134 valence electrons. The number of rotatable bonds is 13. The van der Waals surface area contributed by atoms with E-state index in [4.69, 9.17) is 0 Å². The Morgan fingerprint density at radius 1 is 0.773 bits per heavy atom. The lowest BCUT2D eigenvalue weighted by Gasteiger charge is -2.30. The molecule has 2 heteroatoms. The van der Waals surface area contributed by atoms with Crippen LogP contribution in [0.5, 0.6) is 0 Å². The summed E-state index contributed by atoms with van der Waals surface area (Å²) in [6, 6.07) is 0. The average molecular weight is 332 g/mol. The molecular weight excluding hydrogens is 290 g/mol. The molecule has 1 heterocycles. The van der Waals surface area contributed by atoms with Crippen LogP contribution in [0.2, 0.25) is 0 Å². The number of hydrogen-bond donors (Lipinski definition) is 1. The van der Waals surface area contributed by atoms with Crippen LogP contribution < -0.4 is 17.3 Å². The van der Waals surface area contributed by atoms with Crippen LogP contribution >= 0.6 is 0 Å². The molecule has 0 aromatic carbocycles. The van der Waals surface area contributed by atoms with Crippen LogP contribution in [0.4, 0.5) is 0 Å². The van der Waals surface area contributed by atoms with Crippen molar-refractivity contribution in [3.05, 3.63) is 0 Å². The number of likely N-dealkylation sites (tertiary alicyclic amines) is 1. The molecule has 0 spiro atoms. The fourth-order valence-corrected chi connectivity index (χ4v) is 3.91. The Morgan fingerprint density at radius 3 is 2.00 bits per heavy atom. The minimum absolute atomic E-state index is 0. The molecule has 22 heavy (non-hydrogen) atoms. The molecule has 1 fully saturated rings. The molecule has 1 nitrogen and oxygen atoms in total. The molecule has 0 bridgehead atoms. The SMILES string of the molecule is CCCCCCCCCCC[NH+]1CCCC(CCCC)C1.[Cl-]. The van der Waals surface area contributed by atoms with Crippen molar-refractivity contribution in [2.45, 2.75) is 104 Å². The Bertz CT molecular complexity index is 220. The van der Waals surface area contributed by atoms with Crippen LogP contribution in [-0.2, 0) is 0 Å². The second-order valence-electron chi connectivity index (χ2n) is 7.43. The third kappa shape index (κ3) is 11.8. The number of nitrogens with one attached hydrogen (secondary N) is 1. The Hall–Kier alpha value is 0.250. The smallest absolute Gasteiger partial charge is 0.0799 e. The summed E-state index contributed by atoms with van der Waals surface area (Å²) in [6.07, 6.45) is 20.5. The van der Waals surface area contributed by atoms with Gasteiger partial charge in [0.25, 0.3) is 0 Å². The van der Waals surface area contributed by atoms with Gasteiger partial charge in [-0.05, 0) is 32.1 Å². The summed E-state index contributed by atoms with van der Waals surface area (Å²) >= 11 is 0. The highest BCUT2D eigenvalue weighted by molar-refractivity contribution is 4.62. The van der Waals surface area contributed by atoms with E-state index in [1.54, 1.807) is 0 Å². The molecule has 0 radical (unpaired) electrons. The molecule has 0 amide bonds. The fourth-order valence-electron chi connectivity index (χ4n) is 3.91. The first-order valence-corrected chi connectivity index (χ1v) is 10.2. The van der Waals surface area contributed by atoms with Gasteiger partial charge in [-0.2, -0.15) is 0 Å². The van der Waals surface area contributed by atoms with Crippen LogP contribution in [0.1, 0.15) is 104 Å². The van der Waals surface area contributed by atoms with E-state index in [-0.39, 0.29) is 12.4 Å². The topological polar surface area (TPSA) is 4.44 Å². The third-order valence-electron chi connectivity index (χ3n) is 5.32. The van der Waals surface area contributed by atoms with Crippen molar-refractivity contribution < 1.29 is 17.3 Å². The molecule has 0 aromatic rings. The maximum atomic E-state index is 2.33. The lowest BCUT2D eigenvalue weighted by atomic mass is 9.92. The number of piperidine rings is 1. The quantitative estimate of drug-likeness (QED) is 0.492. The van der Waals surface area contributed by atoms with Crippen LogP contribution in [0, 0.1) is 5.92 Å². The minimum Gasteiger partial charge on any atom is -1.00 e. The van der Waals surface area contributed by atoms with E-state index in [9.17, 15) is 0 Å². The first kappa shape index (κ1) is 22.2. The zero-order valence-electron chi connectivity index (χ0n) is 15.5. The normalized spacial score (nSPS) is 21.5. The largest absolute Gasteiger partial charge is 1.00 e. The fraction of sp³-hybridized carbons (Fsp3) is 1.00. The molecule has 1 aliphatic rings. The number of halogens is 1. The van der Waals surface area contributed by atoms with Crippen molar-refractivity contribution in [3.63, 3.8) is 0 Å². The molecule has 0 saturated carbocycles. The van der Waals surface area contributed by atoms with Crippen molar-refractivity contribution in [2.75, 3.05) is 19.6 Å². The zero-order chi connectivity index (χ0) is 15.2. The summed E-state index contributed by atoms with van der Waals surface area (Å²) in [5.74, 6) is 1.05. The summed E-state index contributed by atoms with van der Waals surface area (Å²) in [6.45, 7) is 9.03. The van der Waals surface area contributed by atoms with Gasteiger partial charge in [-0.15, -0.1) is 0 Å². The summed E-state index contributed by atoms with van der Waals surface area (Å²) < 4.78 is 0. The van der Waals surface area contributed by atoms with Gasteiger partial charge >= 0.3 is 0 Å². The van der Waals surface area contributed by atoms with Gasteiger partial charge in [0.1, 0.15) is 0 Å². The number of hydrogen-bond acceptors (Lipinski definition) is 0. The monoisotopic (exact) mass is 331 g/mol. The van der Waals surface area contributed by atoms with E-state index in [0.29, 0.717) is 0 Å². The summed E-state index contributed by atoms with van der Waals surface area (Å²) in [5.41, 5.74) is 0. The van der Waals surface area contributed by atoms with E-state index in [2.05, 4.69) is 13.8 Å². The summed E-state index contributed by atoms with van der Waals surface area (Å²) in [4.78, 5) is 1.92. The maximum absolute atomic E-state index is 2.33. The first-order chi connectivity index (χ1) is 10.4. The molecule has 1 rings (SSSR count). The Balaban J connectivity index is 0.00000441. The van der Waals surface area contributed by atoms with Gasteiger partial charge in [0.05, 0.1) is 19.6 Å². The highest BCUT2D eigenvalue weighted by atomic mass is 35.5. The van der Waals surface area contributed by atoms with E-state index in [0.717, 1.165) is 5.92 Å². The van der Waals surface area contributed by atoms with Crippen LogP contribution in [0.15, 0.2) is 0 Å². The highest BCUT2D eigenvalue weighted by Crippen LogP contribution is 2.15. The van der Waals surface area contributed by atoms with Gasteiger partial charge in [-0.3, -0.25) is 0 Å².